The summed E-state index contributed by atoms with van der Waals surface area (Å²) in [6, 6.07) is 19.5. The predicted octanol–water partition coefficient (Wildman–Crippen LogP) is 7.82. The van der Waals surface area contributed by atoms with E-state index in [2.05, 4.69) is 67.6 Å². The number of benzene rings is 2. The first-order chi connectivity index (χ1) is 17.6. The number of carbonyl (C=O) groups is 2. The van der Waals surface area contributed by atoms with Gasteiger partial charge in [-0.3, -0.25) is 9.59 Å². The van der Waals surface area contributed by atoms with Crippen molar-refractivity contribution in [3.63, 3.8) is 0 Å². The van der Waals surface area contributed by atoms with Crippen LogP contribution in [0.1, 0.15) is 80.9 Å². The molecule has 2 fully saturated rings. The molecule has 36 heavy (non-hydrogen) atoms. The topological polar surface area (TPSA) is 34.1 Å². The van der Waals surface area contributed by atoms with E-state index in [1.807, 2.05) is 12.2 Å². The molecule has 0 amide bonds. The van der Waals surface area contributed by atoms with Gasteiger partial charge in [-0.1, -0.05) is 79.7 Å². The maximum absolute atomic E-state index is 13.4. The summed E-state index contributed by atoms with van der Waals surface area (Å²) in [7, 11) is 0. The zero-order valence-corrected chi connectivity index (χ0v) is 21.7. The van der Waals surface area contributed by atoms with Crippen molar-refractivity contribution >= 4 is 11.6 Å². The SMILES string of the molecule is CCC1C(=O)C(c2ccc(CCc3ccccc3)cc2)CC1CC1CCC(C(=O)C2=CC=CC2)CC1. The van der Waals surface area contributed by atoms with Gasteiger partial charge in [0, 0.05) is 17.8 Å². The minimum absolute atomic E-state index is 0.0582. The minimum Gasteiger partial charge on any atom is -0.299 e. The third-order valence-electron chi connectivity index (χ3n) is 9.12. The molecule has 0 saturated heterocycles. The molecular formula is C34H40O2. The normalized spacial score (nSPS) is 27.9. The van der Waals surface area contributed by atoms with Crippen molar-refractivity contribution in [2.75, 3.05) is 0 Å². The van der Waals surface area contributed by atoms with Crippen LogP contribution in [-0.2, 0) is 22.4 Å². The predicted molar refractivity (Wildman–Crippen MR) is 147 cm³/mol. The molecule has 2 aromatic carbocycles. The zero-order valence-electron chi connectivity index (χ0n) is 21.7. The number of Topliss-reactive ketones (excluding diaryl/α,β-unsaturated/α-hetero) is 2. The van der Waals surface area contributed by atoms with Crippen LogP contribution in [0.5, 0.6) is 0 Å². The molecular weight excluding hydrogens is 440 g/mol. The van der Waals surface area contributed by atoms with E-state index in [0.717, 1.165) is 69.8 Å². The van der Waals surface area contributed by atoms with E-state index in [4.69, 9.17) is 0 Å². The van der Waals surface area contributed by atoms with Crippen molar-refractivity contribution in [2.45, 2.75) is 77.0 Å². The largest absolute Gasteiger partial charge is 0.299 e. The van der Waals surface area contributed by atoms with Crippen LogP contribution in [-0.4, -0.2) is 11.6 Å². The molecule has 0 heterocycles. The van der Waals surface area contributed by atoms with Crippen molar-refractivity contribution in [2.24, 2.45) is 23.7 Å². The van der Waals surface area contributed by atoms with Gasteiger partial charge in [0.1, 0.15) is 5.78 Å². The molecule has 3 unspecified atom stereocenters. The standard InChI is InChI=1S/C34H40O2/c1-2-31-30(22-26-16-20-29(21-17-26)33(35)28-10-6-7-11-28)23-32(34(31)36)27-18-14-25(15-19-27)13-12-24-8-4-3-5-9-24/h3-10,14-15,18-19,26,29-32H,2,11-13,16-17,20-23H2,1H3. The molecule has 3 aliphatic carbocycles. The zero-order chi connectivity index (χ0) is 24.9. The quantitative estimate of drug-likeness (QED) is 0.366. The average molecular weight is 481 g/mol. The van der Waals surface area contributed by atoms with E-state index in [1.54, 1.807) is 0 Å². The lowest BCUT2D eigenvalue weighted by Gasteiger charge is -2.30. The average Bonchev–Trinajstić information content (AvgIpc) is 3.57. The highest BCUT2D eigenvalue weighted by Crippen LogP contribution is 2.46. The van der Waals surface area contributed by atoms with Crippen LogP contribution in [0.4, 0.5) is 0 Å². The first-order valence-corrected chi connectivity index (χ1v) is 14.2. The van der Waals surface area contributed by atoms with Gasteiger partial charge in [0.2, 0.25) is 0 Å². The number of allylic oxidation sites excluding steroid dienone is 4. The molecule has 2 aromatic rings. The first-order valence-electron chi connectivity index (χ1n) is 14.2. The highest BCUT2D eigenvalue weighted by molar-refractivity contribution is 5.98. The summed E-state index contributed by atoms with van der Waals surface area (Å²) in [5.41, 5.74) is 4.91. The molecule has 3 aliphatic rings. The van der Waals surface area contributed by atoms with Gasteiger partial charge in [0.25, 0.3) is 0 Å². The number of carbonyl (C=O) groups excluding carboxylic acids is 2. The van der Waals surface area contributed by atoms with Crippen LogP contribution in [0.25, 0.3) is 0 Å². The molecule has 2 nitrogen and oxygen atoms in total. The van der Waals surface area contributed by atoms with Crippen molar-refractivity contribution in [1.82, 2.24) is 0 Å². The number of aryl methyl sites for hydroxylation is 2. The summed E-state index contributed by atoms with van der Waals surface area (Å²) in [5, 5.41) is 0. The van der Waals surface area contributed by atoms with E-state index < -0.39 is 0 Å². The molecule has 5 rings (SSSR count). The molecule has 0 aromatic heterocycles. The first kappa shape index (κ1) is 24.9. The Balaban J connectivity index is 1.15. The fraction of sp³-hybridized carbons (Fsp3) is 0.471. The van der Waals surface area contributed by atoms with E-state index in [-0.39, 0.29) is 17.8 Å². The van der Waals surface area contributed by atoms with Crippen molar-refractivity contribution in [1.29, 1.82) is 0 Å². The Bertz CT molecular complexity index is 1100. The fourth-order valence-corrected chi connectivity index (χ4v) is 7.00. The lowest BCUT2D eigenvalue weighted by Crippen LogP contribution is -2.25. The second-order valence-corrected chi connectivity index (χ2v) is 11.3. The molecule has 2 heteroatoms. The smallest absolute Gasteiger partial charge is 0.162 e. The summed E-state index contributed by atoms with van der Waals surface area (Å²) in [4.78, 5) is 26.2. The van der Waals surface area contributed by atoms with Gasteiger partial charge in [-0.15, -0.1) is 0 Å². The maximum atomic E-state index is 13.4. The lowest BCUT2D eigenvalue weighted by atomic mass is 9.74. The number of hydrogen-bond donors (Lipinski definition) is 0. The Kier molecular flexibility index (Phi) is 7.99. The van der Waals surface area contributed by atoms with Crippen LogP contribution in [0.3, 0.4) is 0 Å². The number of ketones is 2. The number of rotatable bonds is 9. The maximum Gasteiger partial charge on any atom is 0.162 e. The molecule has 3 atom stereocenters. The fourth-order valence-electron chi connectivity index (χ4n) is 7.00. The van der Waals surface area contributed by atoms with E-state index >= 15 is 0 Å². The Hall–Kier alpha value is -2.74. The van der Waals surface area contributed by atoms with Crippen molar-refractivity contribution < 1.29 is 9.59 Å². The van der Waals surface area contributed by atoms with Crippen LogP contribution in [0.15, 0.2) is 78.4 Å². The summed E-state index contributed by atoms with van der Waals surface area (Å²) in [6.07, 6.45) is 16.4. The summed E-state index contributed by atoms with van der Waals surface area (Å²) in [5.74, 6) is 2.47. The Labute approximate surface area is 216 Å². The van der Waals surface area contributed by atoms with Crippen molar-refractivity contribution in [3.8, 4) is 0 Å². The van der Waals surface area contributed by atoms with Gasteiger partial charge < -0.3 is 0 Å². The Morgan fingerprint density at radius 2 is 1.58 bits per heavy atom. The van der Waals surface area contributed by atoms with Gasteiger partial charge in [-0.2, -0.15) is 0 Å². The van der Waals surface area contributed by atoms with Gasteiger partial charge >= 0.3 is 0 Å². The number of hydrogen-bond acceptors (Lipinski definition) is 2. The molecule has 0 spiro atoms. The third-order valence-corrected chi connectivity index (χ3v) is 9.12. The minimum atomic E-state index is 0.0582. The van der Waals surface area contributed by atoms with Crippen LogP contribution in [0.2, 0.25) is 0 Å². The van der Waals surface area contributed by atoms with E-state index in [0.29, 0.717) is 23.4 Å². The summed E-state index contributed by atoms with van der Waals surface area (Å²) in [6.45, 7) is 2.18. The van der Waals surface area contributed by atoms with Gasteiger partial charge in [0.15, 0.2) is 5.78 Å². The summed E-state index contributed by atoms with van der Waals surface area (Å²) >= 11 is 0. The monoisotopic (exact) mass is 480 g/mol. The molecule has 188 valence electrons. The van der Waals surface area contributed by atoms with Crippen LogP contribution < -0.4 is 0 Å². The molecule has 0 bridgehead atoms. The highest BCUT2D eigenvalue weighted by atomic mass is 16.1. The van der Waals surface area contributed by atoms with Crippen LogP contribution in [0, 0.1) is 23.7 Å². The Morgan fingerprint density at radius 1 is 0.889 bits per heavy atom. The summed E-state index contributed by atoms with van der Waals surface area (Å²) < 4.78 is 0. The molecule has 0 N–H and O–H groups in total. The van der Waals surface area contributed by atoms with Gasteiger partial charge in [0.05, 0.1) is 0 Å². The second-order valence-electron chi connectivity index (χ2n) is 11.3. The van der Waals surface area contributed by atoms with E-state index in [1.165, 1.54) is 16.7 Å². The third kappa shape index (κ3) is 5.64. The van der Waals surface area contributed by atoms with Gasteiger partial charge in [-0.25, -0.2) is 0 Å². The van der Waals surface area contributed by atoms with E-state index in [9.17, 15) is 9.59 Å². The highest BCUT2D eigenvalue weighted by Gasteiger charge is 2.42. The van der Waals surface area contributed by atoms with Crippen LogP contribution >= 0.6 is 0 Å². The Morgan fingerprint density at radius 3 is 2.22 bits per heavy atom. The van der Waals surface area contributed by atoms with Crippen molar-refractivity contribution in [3.05, 3.63) is 95.1 Å². The molecule has 2 saturated carbocycles. The lowest BCUT2D eigenvalue weighted by molar-refractivity contribution is -0.122. The molecule has 0 aliphatic heterocycles. The molecule has 0 radical (unpaired) electrons. The van der Waals surface area contributed by atoms with Gasteiger partial charge in [-0.05, 0) is 98.3 Å². The second kappa shape index (κ2) is 11.5.